The van der Waals surface area contributed by atoms with Crippen molar-refractivity contribution in [3.8, 4) is 0 Å². The Balaban J connectivity index is 2.01. The van der Waals surface area contributed by atoms with E-state index in [1.807, 2.05) is 12.1 Å². The van der Waals surface area contributed by atoms with Crippen LogP contribution in [0.4, 0.5) is 0 Å². The number of H-pyrrole nitrogens is 1. The number of imidazole rings is 1. The van der Waals surface area contributed by atoms with Gasteiger partial charge in [-0.05, 0) is 12.5 Å². The van der Waals surface area contributed by atoms with Crippen molar-refractivity contribution in [2.24, 2.45) is 0 Å². The Labute approximate surface area is 164 Å². The van der Waals surface area contributed by atoms with Crippen molar-refractivity contribution in [2.45, 2.75) is 58.6 Å². The number of hydrogen-bond acceptors (Lipinski definition) is 4. The van der Waals surface area contributed by atoms with Crippen molar-refractivity contribution in [2.75, 3.05) is 0 Å². The van der Waals surface area contributed by atoms with Crippen LogP contribution in [0.25, 0.3) is 0 Å². The molecule has 0 radical (unpaired) electrons. The number of rotatable bonds is 10. The van der Waals surface area contributed by atoms with E-state index in [2.05, 4.69) is 22.2 Å². The fourth-order valence-corrected chi connectivity index (χ4v) is 2.75. The molecule has 2 N–H and O–H groups in total. The third kappa shape index (κ3) is 6.71. The average Bonchev–Trinajstić information content (AvgIpc) is 3.12. The molecule has 146 valence electrons. The molecule has 1 aromatic carbocycles. The van der Waals surface area contributed by atoms with Gasteiger partial charge in [-0.1, -0.05) is 50.1 Å². The molecule has 27 heavy (non-hydrogen) atoms. The maximum atomic E-state index is 12.5. The normalized spacial score (nSPS) is 11.8. The van der Waals surface area contributed by atoms with Crippen molar-refractivity contribution in [1.29, 1.82) is 0 Å². The summed E-state index contributed by atoms with van der Waals surface area (Å²) in [5.74, 6) is 0.179. The highest BCUT2D eigenvalue weighted by Gasteiger charge is 2.23. The Morgan fingerprint density at radius 3 is 2.78 bits per heavy atom. The van der Waals surface area contributed by atoms with E-state index >= 15 is 0 Å². The van der Waals surface area contributed by atoms with Crippen LogP contribution in [0.3, 0.4) is 0 Å². The van der Waals surface area contributed by atoms with Gasteiger partial charge in [0.15, 0.2) is 0 Å². The van der Waals surface area contributed by atoms with E-state index in [1.54, 1.807) is 25.3 Å². The van der Waals surface area contributed by atoms with Gasteiger partial charge in [-0.25, -0.2) is 9.78 Å². The molecule has 0 saturated heterocycles. The number of esters is 1. The van der Waals surface area contributed by atoms with Crippen molar-refractivity contribution < 1.29 is 14.3 Å². The van der Waals surface area contributed by atoms with Gasteiger partial charge in [0, 0.05) is 41.7 Å². The number of nitrogens with zero attached hydrogens (tertiary/aromatic N) is 1. The van der Waals surface area contributed by atoms with Crippen LogP contribution in [-0.2, 0) is 33.8 Å². The fourth-order valence-electron chi connectivity index (χ4n) is 2.56. The summed E-state index contributed by atoms with van der Waals surface area (Å²) < 4.78 is 5.39. The predicted octanol–water partition coefficient (Wildman–Crippen LogP) is 3.59. The second-order valence-corrected chi connectivity index (χ2v) is 6.74. The molecule has 1 amide bonds. The highest BCUT2D eigenvalue weighted by Crippen LogP contribution is 2.16. The SMILES string of the molecule is CCCCc1ncc(C[C@H](NC(=O)CC)C(=O)OCc2ccccc2Cl)[nH]1. The lowest BCUT2D eigenvalue weighted by Crippen LogP contribution is -2.43. The third-order valence-corrected chi connectivity index (χ3v) is 4.51. The lowest BCUT2D eigenvalue weighted by Gasteiger charge is -2.17. The number of amides is 1. The molecule has 2 aromatic rings. The Hall–Kier alpha value is -2.34. The highest BCUT2D eigenvalue weighted by molar-refractivity contribution is 6.31. The number of aromatic nitrogens is 2. The monoisotopic (exact) mass is 391 g/mol. The molecule has 7 heteroatoms. The van der Waals surface area contributed by atoms with Crippen LogP contribution in [-0.4, -0.2) is 27.9 Å². The van der Waals surface area contributed by atoms with E-state index in [0.717, 1.165) is 36.3 Å². The smallest absolute Gasteiger partial charge is 0.329 e. The number of nitrogens with one attached hydrogen (secondary N) is 2. The first-order valence-electron chi connectivity index (χ1n) is 9.25. The minimum Gasteiger partial charge on any atom is -0.459 e. The minimum absolute atomic E-state index is 0.0573. The van der Waals surface area contributed by atoms with Gasteiger partial charge in [0.25, 0.3) is 0 Å². The maximum Gasteiger partial charge on any atom is 0.329 e. The number of benzene rings is 1. The van der Waals surface area contributed by atoms with Gasteiger partial charge in [0.1, 0.15) is 18.5 Å². The first kappa shape index (κ1) is 21.0. The van der Waals surface area contributed by atoms with Crippen molar-refractivity contribution >= 4 is 23.5 Å². The number of ether oxygens (including phenoxy) is 1. The van der Waals surface area contributed by atoms with E-state index < -0.39 is 12.0 Å². The van der Waals surface area contributed by atoms with Crippen LogP contribution >= 0.6 is 11.6 Å². The lowest BCUT2D eigenvalue weighted by atomic mass is 10.1. The Bertz CT molecular complexity index is 760. The molecule has 2 rings (SSSR count). The topological polar surface area (TPSA) is 84.1 Å². The van der Waals surface area contributed by atoms with Crippen LogP contribution in [0.15, 0.2) is 30.5 Å². The Morgan fingerprint density at radius 1 is 1.30 bits per heavy atom. The maximum absolute atomic E-state index is 12.5. The Kier molecular flexibility index (Phi) is 8.33. The molecule has 0 aliphatic rings. The molecule has 6 nitrogen and oxygen atoms in total. The number of hydrogen-bond donors (Lipinski definition) is 2. The zero-order valence-corrected chi connectivity index (χ0v) is 16.5. The molecular formula is C20H26ClN3O3. The lowest BCUT2D eigenvalue weighted by molar-refractivity contribution is -0.149. The van der Waals surface area contributed by atoms with Gasteiger partial charge in [-0.15, -0.1) is 0 Å². The van der Waals surface area contributed by atoms with Gasteiger partial charge in [0.2, 0.25) is 5.91 Å². The molecule has 0 saturated carbocycles. The quantitative estimate of drug-likeness (QED) is 0.606. The second-order valence-electron chi connectivity index (χ2n) is 6.34. The van der Waals surface area contributed by atoms with Gasteiger partial charge < -0.3 is 15.0 Å². The largest absolute Gasteiger partial charge is 0.459 e. The van der Waals surface area contributed by atoms with Crippen LogP contribution in [0.2, 0.25) is 5.02 Å². The minimum atomic E-state index is -0.778. The van der Waals surface area contributed by atoms with Crippen molar-refractivity contribution in [3.63, 3.8) is 0 Å². The van der Waals surface area contributed by atoms with E-state index in [1.165, 1.54) is 0 Å². The zero-order chi connectivity index (χ0) is 19.6. The van der Waals surface area contributed by atoms with Crippen LogP contribution < -0.4 is 5.32 Å². The number of aryl methyl sites for hydroxylation is 1. The van der Waals surface area contributed by atoms with Crippen molar-refractivity contribution in [3.05, 3.63) is 52.6 Å². The van der Waals surface area contributed by atoms with E-state index in [4.69, 9.17) is 16.3 Å². The standard InChI is InChI=1S/C20H26ClN3O3/c1-3-5-10-18-22-12-15(23-18)11-17(24-19(25)4-2)20(26)27-13-14-8-6-7-9-16(14)21/h6-9,12,17H,3-5,10-11,13H2,1-2H3,(H,22,23)(H,24,25)/t17-/m0/s1. The molecule has 0 fully saturated rings. The number of unbranched alkanes of at least 4 members (excludes halogenated alkanes) is 1. The molecule has 0 spiro atoms. The third-order valence-electron chi connectivity index (χ3n) is 4.14. The number of carbonyl (C=O) groups is 2. The number of carbonyl (C=O) groups excluding carboxylic acids is 2. The zero-order valence-electron chi connectivity index (χ0n) is 15.8. The summed E-state index contributed by atoms with van der Waals surface area (Å²) >= 11 is 6.09. The molecule has 0 aliphatic heterocycles. The number of halogens is 1. The first-order valence-corrected chi connectivity index (χ1v) is 9.63. The Morgan fingerprint density at radius 2 is 2.07 bits per heavy atom. The van der Waals surface area contributed by atoms with Crippen LogP contribution in [0.5, 0.6) is 0 Å². The van der Waals surface area contributed by atoms with Gasteiger partial charge >= 0.3 is 5.97 Å². The second kappa shape index (κ2) is 10.7. The molecule has 0 unspecified atom stereocenters. The number of aromatic amines is 1. The molecule has 1 heterocycles. The summed E-state index contributed by atoms with van der Waals surface area (Å²) in [6, 6.07) is 6.40. The van der Waals surface area contributed by atoms with Crippen molar-refractivity contribution in [1.82, 2.24) is 15.3 Å². The van der Waals surface area contributed by atoms with E-state index in [9.17, 15) is 9.59 Å². The van der Waals surface area contributed by atoms with Gasteiger partial charge in [-0.3, -0.25) is 4.79 Å². The van der Waals surface area contributed by atoms with Crippen LogP contribution in [0.1, 0.15) is 50.2 Å². The van der Waals surface area contributed by atoms with Gasteiger partial charge in [-0.2, -0.15) is 0 Å². The van der Waals surface area contributed by atoms with Crippen LogP contribution in [0, 0.1) is 0 Å². The molecule has 1 atom stereocenters. The van der Waals surface area contributed by atoms with E-state index in [-0.39, 0.29) is 12.5 Å². The molecule has 1 aromatic heterocycles. The summed E-state index contributed by atoms with van der Waals surface area (Å²) in [6.45, 7) is 3.91. The fraction of sp³-hybridized carbons (Fsp3) is 0.450. The molecule has 0 aliphatic carbocycles. The predicted molar refractivity (Wildman–Crippen MR) is 104 cm³/mol. The summed E-state index contributed by atoms with van der Waals surface area (Å²) in [5, 5.41) is 3.26. The highest BCUT2D eigenvalue weighted by atomic mass is 35.5. The van der Waals surface area contributed by atoms with E-state index in [0.29, 0.717) is 17.9 Å². The van der Waals surface area contributed by atoms with Gasteiger partial charge in [0.05, 0.1) is 0 Å². The molecule has 0 bridgehead atoms. The summed E-state index contributed by atoms with van der Waals surface area (Å²) in [6.07, 6.45) is 5.28. The summed E-state index contributed by atoms with van der Waals surface area (Å²) in [5.41, 5.74) is 1.51. The molecular weight excluding hydrogens is 366 g/mol. The summed E-state index contributed by atoms with van der Waals surface area (Å²) in [7, 11) is 0. The summed E-state index contributed by atoms with van der Waals surface area (Å²) in [4.78, 5) is 31.9. The first-order chi connectivity index (χ1) is 13.0. The average molecular weight is 392 g/mol.